The van der Waals surface area contributed by atoms with Crippen molar-refractivity contribution < 1.29 is 13.2 Å². The van der Waals surface area contributed by atoms with Gasteiger partial charge in [-0.3, -0.25) is 9.52 Å². The zero-order chi connectivity index (χ0) is 20.5. The van der Waals surface area contributed by atoms with Crippen LogP contribution in [0.3, 0.4) is 0 Å². The molecule has 7 heteroatoms. The van der Waals surface area contributed by atoms with E-state index in [1.54, 1.807) is 23.2 Å². The third-order valence-corrected chi connectivity index (χ3v) is 5.20. The van der Waals surface area contributed by atoms with Crippen LogP contribution in [-0.4, -0.2) is 31.3 Å². The molecule has 0 aromatic heterocycles. The van der Waals surface area contributed by atoms with E-state index in [4.69, 9.17) is 0 Å². The predicted octanol–water partition coefficient (Wildman–Crippen LogP) is 3.70. The van der Waals surface area contributed by atoms with E-state index in [9.17, 15) is 13.2 Å². The average Bonchev–Trinajstić information content (AvgIpc) is 3.05. The molecule has 0 saturated heterocycles. The summed E-state index contributed by atoms with van der Waals surface area (Å²) in [5.41, 5.74) is 4.22. The van der Waals surface area contributed by atoms with Gasteiger partial charge in [-0.15, -0.1) is 0 Å². The number of sulfonamides is 1. The van der Waals surface area contributed by atoms with Crippen molar-refractivity contribution in [2.75, 3.05) is 11.0 Å². The molecule has 0 saturated carbocycles. The number of hydrogen-bond donors (Lipinski definition) is 1. The molecule has 1 N–H and O–H groups in total. The molecule has 1 aliphatic heterocycles. The highest BCUT2D eigenvalue weighted by Gasteiger charge is 2.34. The van der Waals surface area contributed by atoms with Crippen molar-refractivity contribution in [2.24, 2.45) is 11.0 Å². The van der Waals surface area contributed by atoms with E-state index in [1.165, 1.54) is 0 Å². The standard InChI is InChI=1S/C21H25N3O3S/c1-14(2)21(25)24-20(16-10-8-15(3)9-11-16)13-19(22-24)17-6-5-7-18(12-17)23-28(4,26)27/h5-12,14,20,23H,13H2,1-4H3/t20-/m1/s1. The van der Waals surface area contributed by atoms with E-state index in [2.05, 4.69) is 9.82 Å². The van der Waals surface area contributed by atoms with E-state index in [0.29, 0.717) is 12.1 Å². The first-order valence-electron chi connectivity index (χ1n) is 9.19. The lowest BCUT2D eigenvalue weighted by molar-refractivity contribution is -0.136. The molecule has 148 valence electrons. The zero-order valence-corrected chi connectivity index (χ0v) is 17.3. The van der Waals surface area contributed by atoms with Gasteiger partial charge in [-0.25, -0.2) is 13.4 Å². The van der Waals surface area contributed by atoms with Crippen LogP contribution in [0.5, 0.6) is 0 Å². The van der Waals surface area contributed by atoms with Crippen molar-refractivity contribution in [1.82, 2.24) is 5.01 Å². The van der Waals surface area contributed by atoms with Crippen LogP contribution in [0.1, 0.15) is 43.0 Å². The van der Waals surface area contributed by atoms with Gasteiger partial charge in [0, 0.05) is 18.0 Å². The number of anilines is 1. The maximum absolute atomic E-state index is 12.8. The van der Waals surface area contributed by atoms with E-state index in [1.807, 2.05) is 51.1 Å². The molecule has 2 aromatic carbocycles. The van der Waals surface area contributed by atoms with Crippen molar-refractivity contribution in [3.05, 3.63) is 65.2 Å². The first-order chi connectivity index (χ1) is 13.1. The number of rotatable bonds is 5. The highest BCUT2D eigenvalue weighted by atomic mass is 32.2. The van der Waals surface area contributed by atoms with Crippen molar-refractivity contribution in [3.63, 3.8) is 0 Å². The Balaban J connectivity index is 1.96. The summed E-state index contributed by atoms with van der Waals surface area (Å²) in [5, 5.41) is 6.19. The van der Waals surface area contributed by atoms with E-state index < -0.39 is 10.0 Å². The molecule has 3 rings (SSSR count). The van der Waals surface area contributed by atoms with Gasteiger partial charge in [0.25, 0.3) is 0 Å². The molecule has 0 spiro atoms. The van der Waals surface area contributed by atoms with Crippen molar-refractivity contribution >= 4 is 27.3 Å². The van der Waals surface area contributed by atoms with Crippen LogP contribution in [0.4, 0.5) is 5.69 Å². The van der Waals surface area contributed by atoms with Crippen molar-refractivity contribution in [3.8, 4) is 0 Å². The van der Waals surface area contributed by atoms with Crippen molar-refractivity contribution in [1.29, 1.82) is 0 Å². The normalized spacial score (nSPS) is 17.0. The summed E-state index contributed by atoms with van der Waals surface area (Å²) in [6.07, 6.45) is 1.69. The predicted molar refractivity (Wildman–Crippen MR) is 112 cm³/mol. The number of hydrazone groups is 1. The Morgan fingerprint density at radius 2 is 1.86 bits per heavy atom. The number of hydrogen-bond acceptors (Lipinski definition) is 4. The summed E-state index contributed by atoms with van der Waals surface area (Å²) in [4.78, 5) is 12.8. The first kappa shape index (κ1) is 20.1. The molecule has 1 heterocycles. The van der Waals surface area contributed by atoms with Gasteiger partial charge < -0.3 is 0 Å². The number of aryl methyl sites for hydroxylation is 1. The molecule has 0 unspecified atom stereocenters. The van der Waals surface area contributed by atoms with Gasteiger partial charge in [-0.2, -0.15) is 5.10 Å². The molecule has 2 aromatic rings. The lowest BCUT2D eigenvalue weighted by atomic mass is 9.97. The SMILES string of the molecule is Cc1ccc([C@H]2CC(c3cccc(NS(C)(=O)=O)c3)=NN2C(=O)C(C)C)cc1. The fourth-order valence-corrected chi connectivity index (χ4v) is 3.73. The van der Waals surface area contributed by atoms with Gasteiger partial charge >= 0.3 is 0 Å². The smallest absolute Gasteiger partial charge is 0.245 e. The molecule has 28 heavy (non-hydrogen) atoms. The Kier molecular flexibility index (Phi) is 5.56. The highest BCUT2D eigenvalue weighted by Crippen LogP contribution is 2.34. The average molecular weight is 400 g/mol. The minimum absolute atomic E-state index is 0.0361. The van der Waals surface area contributed by atoms with Crippen LogP contribution in [0.2, 0.25) is 0 Å². The molecule has 0 aliphatic carbocycles. The number of benzene rings is 2. The molecule has 1 atom stereocenters. The number of nitrogens with one attached hydrogen (secondary N) is 1. The Morgan fingerprint density at radius 1 is 1.18 bits per heavy atom. The zero-order valence-electron chi connectivity index (χ0n) is 16.5. The number of carbonyl (C=O) groups is 1. The second kappa shape index (κ2) is 7.75. The highest BCUT2D eigenvalue weighted by molar-refractivity contribution is 7.92. The third-order valence-electron chi connectivity index (χ3n) is 4.59. The van der Waals surface area contributed by atoms with Crippen LogP contribution in [0.25, 0.3) is 0 Å². The van der Waals surface area contributed by atoms with Gasteiger partial charge in [0.05, 0.1) is 18.0 Å². The van der Waals surface area contributed by atoms with Crippen LogP contribution in [0, 0.1) is 12.8 Å². The minimum Gasteiger partial charge on any atom is -0.284 e. The Hall–Kier alpha value is -2.67. The topological polar surface area (TPSA) is 78.8 Å². The number of carbonyl (C=O) groups excluding carboxylic acids is 1. The van der Waals surface area contributed by atoms with Crippen LogP contribution in [-0.2, 0) is 14.8 Å². The van der Waals surface area contributed by atoms with Crippen LogP contribution >= 0.6 is 0 Å². The molecule has 6 nitrogen and oxygen atoms in total. The maximum Gasteiger partial charge on any atom is 0.245 e. The summed E-state index contributed by atoms with van der Waals surface area (Å²) in [7, 11) is -3.37. The van der Waals surface area contributed by atoms with E-state index >= 15 is 0 Å². The van der Waals surface area contributed by atoms with Crippen LogP contribution in [0.15, 0.2) is 53.6 Å². The number of nitrogens with zero attached hydrogens (tertiary/aromatic N) is 2. The van der Waals surface area contributed by atoms with Gasteiger partial charge in [0.2, 0.25) is 15.9 Å². The molecule has 0 radical (unpaired) electrons. The summed E-state index contributed by atoms with van der Waals surface area (Å²) in [6.45, 7) is 5.75. The largest absolute Gasteiger partial charge is 0.284 e. The maximum atomic E-state index is 12.8. The summed E-state index contributed by atoms with van der Waals surface area (Å²) in [5.74, 6) is -0.208. The monoisotopic (exact) mass is 399 g/mol. The Bertz CT molecular complexity index is 1010. The van der Waals surface area contributed by atoms with Gasteiger partial charge in [-0.1, -0.05) is 55.8 Å². The summed E-state index contributed by atoms with van der Waals surface area (Å²) in [6, 6.07) is 15.0. The third kappa shape index (κ3) is 4.59. The Morgan fingerprint density at radius 3 is 2.46 bits per heavy atom. The fraction of sp³-hybridized carbons (Fsp3) is 0.333. The molecule has 1 aliphatic rings. The molecule has 0 bridgehead atoms. The second-order valence-corrected chi connectivity index (χ2v) is 9.22. The first-order valence-corrected chi connectivity index (χ1v) is 11.1. The second-order valence-electron chi connectivity index (χ2n) is 7.47. The molecular formula is C21H25N3O3S. The summed E-state index contributed by atoms with van der Waals surface area (Å²) < 4.78 is 25.5. The van der Waals surface area contributed by atoms with Crippen molar-refractivity contribution in [2.45, 2.75) is 33.2 Å². The number of amides is 1. The lowest BCUT2D eigenvalue weighted by Crippen LogP contribution is -2.30. The van der Waals surface area contributed by atoms with Gasteiger partial charge in [0.1, 0.15) is 0 Å². The summed E-state index contributed by atoms with van der Waals surface area (Å²) >= 11 is 0. The molecular weight excluding hydrogens is 374 g/mol. The van der Waals surface area contributed by atoms with Gasteiger partial charge in [0.15, 0.2) is 0 Å². The quantitative estimate of drug-likeness (QED) is 0.833. The van der Waals surface area contributed by atoms with E-state index in [0.717, 1.165) is 28.7 Å². The molecule has 0 fully saturated rings. The van der Waals surface area contributed by atoms with Gasteiger partial charge in [-0.05, 0) is 30.2 Å². The Labute approximate surface area is 166 Å². The minimum atomic E-state index is -3.37. The molecule has 1 amide bonds. The van der Waals surface area contributed by atoms with E-state index in [-0.39, 0.29) is 17.9 Å². The fourth-order valence-electron chi connectivity index (χ4n) is 3.18. The lowest BCUT2D eigenvalue weighted by Gasteiger charge is -2.23. The van der Waals surface area contributed by atoms with Crippen LogP contribution < -0.4 is 4.72 Å².